The molecule has 15 heavy (non-hydrogen) atoms. The highest BCUT2D eigenvalue weighted by atomic mass is 16.5. The first kappa shape index (κ1) is 9.86. The van der Waals surface area contributed by atoms with Crippen LogP contribution in [0.1, 0.15) is 21.5 Å². The van der Waals surface area contributed by atoms with Gasteiger partial charge in [0, 0.05) is 5.56 Å². The number of carbonyl (C=O) groups is 2. The molecule has 1 heterocycles. The van der Waals surface area contributed by atoms with Crippen LogP contribution in [0.4, 0.5) is 0 Å². The lowest BCUT2D eigenvalue weighted by atomic mass is 10.0. The number of methoxy groups -OCH3 is 1. The number of benzene rings is 1. The van der Waals surface area contributed by atoms with E-state index in [4.69, 9.17) is 4.74 Å². The number of hydrogen-bond acceptors (Lipinski definition) is 4. The SMILES string of the molecule is COC(=O)C(=O)c1ccc2c(c1)COC2. The molecule has 0 amide bonds. The zero-order chi connectivity index (χ0) is 10.8. The third kappa shape index (κ3) is 1.76. The molecule has 1 aliphatic heterocycles. The minimum atomic E-state index is -0.839. The van der Waals surface area contributed by atoms with Gasteiger partial charge in [-0.05, 0) is 17.2 Å². The first-order valence-corrected chi connectivity index (χ1v) is 4.54. The molecule has 2 rings (SSSR count). The zero-order valence-corrected chi connectivity index (χ0v) is 8.28. The Morgan fingerprint density at radius 3 is 2.73 bits per heavy atom. The second-order valence-electron chi connectivity index (χ2n) is 3.30. The smallest absolute Gasteiger partial charge is 0.379 e. The molecule has 0 radical (unpaired) electrons. The second-order valence-corrected chi connectivity index (χ2v) is 3.30. The molecule has 0 fully saturated rings. The van der Waals surface area contributed by atoms with E-state index in [0.29, 0.717) is 18.8 Å². The summed E-state index contributed by atoms with van der Waals surface area (Å²) in [6.45, 7) is 1.07. The van der Waals surface area contributed by atoms with E-state index < -0.39 is 11.8 Å². The third-order valence-electron chi connectivity index (χ3n) is 2.35. The Bertz CT molecular complexity index is 423. The van der Waals surface area contributed by atoms with Gasteiger partial charge in [0.2, 0.25) is 0 Å². The minimum Gasteiger partial charge on any atom is -0.463 e. The molecule has 0 saturated carbocycles. The highest BCUT2D eigenvalue weighted by Crippen LogP contribution is 2.21. The van der Waals surface area contributed by atoms with Crippen LogP contribution in [0.5, 0.6) is 0 Å². The van der Waals surface area contributed by atoms with E-state index in [2.05, 4.69) is 4.74 Å². The van der Waals surface area contributed by atoms with Gasteiger partial charge in [-0.2, -0.15) is 0 Å². The van der Waals surface area contributed by atoms with Crippen molar-refractivity contribution in [2.24, 2.45) is 0 Å². The van der Waals surface area contributed by atoms with Gasteiger partial charge in [-0.15, -0.1) is 0 Å². The number of ketones is 1. The molecule has 1 aromatic rings. The van der Waals surface area contributed by atoms with Gasteiger partial charge in [-0.1, -0.05) is 12.1 Å². The average molecular weight is 206 g/mol. The van der Waals surface area contributed by atoms with Crippen molar-refractivity contribution in [3.63, 3.8) is 0 Å². The number of esters is 1. The van der Waals surface area contributed by atoms with Crippen molar-refractivity contribution in [3.8, 4) is 0 Å². The number of hydrogen-bond donors (Lipinski definition) is 0. The normalized spacial score (nSPS) is 13.4. The Balaban J connectivity index is 2.30. The predicted octanol–water partition coefficient (Wildman–Crippen LogP) is 1.07. The fourth-order valence-corrected chi connectivity index (χ4v) is 1.52. The molecular weight excluding hydrogens is 196 g/mol. The van der Waals surface area contributed by atoms with Gasteiger partial charge in [0.1, 0.15) is 0 Å². The van der Waals surface area contributed by atoms with Crippen LogP contribution in [-0.2, 0) is 27.5 Å². The fraction of sp³-hybridized carbons (Fsp3) is 0.273. The third-order valence-corrected chi connectivity index (χ3v) is 2.35. The van der Waals surface area contributed by atoms with Crippen molar-refractivity contribution in [1.82, 2.24) is 0 Å². The molecule has 78 valence electrons. The van der Waals surface area contributed by atoms with Gasteiger partial charge in [-0.25, -0.2) is 4.79 Å². The molecule has 0 bridgehead atoms. The van der Waals surface area contributed by atoms with Gasteiger partial charge in [0.05, 0.1) is 20.3 Å². The molecule has 4 heteroatoms. The van der Waals surface area contributed by atoms with Crippen LogP contribution < -0.4 is 0 Å². The summed E-state index contributed by atoms with van der Waals surface area (Å²) in [5.41, 5.74) is 2.38. The topological polar surface area (TPSA) is 52.6 Å². The molecule has 1 aromatic carbocycles. The molecular formula is C11H10O4. The molecule has 0 aliphatic carbocycles. The van der Waals surface area contributed by atoms with Crippen LogP contribution in [0.3, 0.4) is 0 Å². The van der Waals surface area contributed by atoms with Gasteiger partial charge >= 0.3 is 5.97 Å². The second kappa shape index (κ2) is 3.82. The van der Waals surface area contributed by atoms with Gasteiger partial charge in [0.25, 0.3) is 5.78 Å². The van der Waals surface area contributed by atoms with Crippen LogP contribution >= 0.6 is 0 Å². The fourth-order valence-electron chi connectivity index (χ4n) is 1.52. The summed E-state index contributed by atoms with van der Waals surface area (Å²) < 4.78 is 9.58. The van der Waals surface area contributed by atoms with E-state index in [9.17, 15) is 9.59 Å². The van der Waals surface area contributed by atoms with Crippen LogP contribution in [0.2, 0.25) is 0 Å². The molecule has 0 atom stereocenters. The van der Waals surface area contributed by atoms with Crippen molar-refractivity contribution in [1.29, 1.82) is 0 Å². The van der Waals surface area contributed by atoms with E-state index in [1.165, 1.54) is 7.11 Å². The van der Waals surface area contributed by atoms with Crippen LogP contribution in [-0.4, -0.2) is 18.9 Å². The van der Waals surface area contributed by atoms with Crippen LogP contribution in [0.15, 0.2) is 18.2 Å². The zero-order valence-electron chi connectivity index (χ0n) is 8.28. The van der Waals surface area contributed by atoms with E-state index in [1.54, 1.807) is 18.2 Å². The van der Waals surface area contributed by atoms with Crippen molar-refractivity contribution in [2.75, 3.05) is 7.11 Å². The number of rotatable bonds is 2. The summed E-state index contributed by atoms with van der Waals surface area (Å²) in [7, 11) is 1.19. The first-order chi connectivity index (χ1) is 7.22. The lowest BCUT2D eigenvalue weighted by molar-refractivity contribution is -0.135. The lowest BCUT2D eigenvalue weighted by Crippen LogP contribution is -2.15. The summed E-state index contributed by atoms with van der Waals surface area (Å²) in [5.74, 6) is -1.46. The standard InChI is InChI=1S/C11H10O4/c1-14-11(13)10(12)7-2-3-8-5-15-6-9(8)4-7/h2-4H,5-6H2,1H3. The number of ether oxygens (including phenoxy) is 2. The maximum absolute atomic E-state index is 11.5. The molecule has 0 aromatic heterocycles. The van der Waals surface area contributed by atoms with Crippen molar-refractivity contribution in [2.45, 2.75) is 13.2 Å². The Morgan fingerprint density at radius 1 is 1.27 bits per heavy atom. The number of Topliss-reactive ketones (excluding diaryl/α,β-unsaturated/α-hetero) is 1. The maximum Gasteiger partial charge on any atom is 0.379 e. The van der Waals surface area contributed by atoms with E-state index in [-0.39, 0.29) is 0 Å². The molecule has 0 unspecified atom stereocenters. The Labute approximate surface area is 86.8 Å². The summed E-state index contributed by atoms with van der Waals surface area (Å²) in [6.07, 6.45) is 0. The van der Waals surface area contributed by atoms with Crippen LogP contribution in [0, 0.1) is 0 Å². The molecule has 0 spiro atoms. The molecule has 1 aliphatic rings. The maximum atomic E-state index is 11.5. The molecule has 0 N–H and O–H groups in total. The summed E-state index contributed by atoms with van der Waals surface area (Å²) in [5, 5.41) is 0. The Hall–Kier alpha value is -1.68. The monoisotopic (exact) mass is 206 g/mol. The Morgan fingerprint density at radius 2 is 2.00 bits per heavy atom. The average Bonchev–Trinajstić information content (AvgIpc) is 2.73. The minimum absolute atomic E-state index is 0.353. The van der Waals surface area contributed by atoms with Gasteiger partial charge in [0.15, 0.2) is 0 Å². The Kier molecular flexibility index (Phi) is 2.51. The highest BCUT2D eigenvalue weighted by Gasteiger charge is 2.19. The largest absolute Gasteiger partial charge is 0.463 e. The highest BCUT2D eigenvalue weighted by molar-refractivity contribution is 6.40. The van der Waals surface area contributed by atoms with Gasteiger partial charge in [-0.3, -0.25) is 4.79 Å². The van der Waals surface area contributed by atoms with Crippen molar-refractivity contribution in [3.05, 3.63) is 34.9 Å². The lowest BCUT2D eigenvalue weighted by Gasteiger charge is -2.01. The van der Waals surface area contributed by atoms with Crippen molar-refractivity contribution < 1.29 is 19.1 Å². The van der Waals surface area contributed by atoms with E-state index in [1.807, 2.05) is 0 Å². The number of fused-ring (bicyclic) bond motifs is 1. The van der Waals surface area contributed by atoms with Gasteiger partial charge < -0.3 is 9.47 Å². The van der Waals surface area contributed by atoms with E-state index >= 15 is 0 Å². The predicted molar refractivity (Wildman–Crippen MR) is 51.3 cm³/mol. The summed E-state index contributed by atoms with van der Waals surface area (Å²) in [6, 6.07) is 5.10. The summed E-state index contributed by atoms with van der Waals surface area (Å²) in [4.78, 5) is 22.5. The molecule has 4 nitrogen and oxygen atoms in total. The quantitative estimate of drug-likeness (QED) is 0.412. The van der Waals surface area contributed by atoms with Crippen molar-refractivity contribution >= 4 is 11.8 Å². The first-order valence-electron chi connectivity index (χ1n) is 4.54. The number of carbonyl (C=O) groups excluding carboxylic acids is 2. The summed E-state index contributed by atoms with van der Waals surface area (Å²) >= 11 is 0. The van der Waals surface area contributed by atoms with Crippen LogP contribution in [0.25, 0.3) is 0 Å². The van der Waals surface area contributed by atoms with E-state index in [0.717, 1.165) is 11.1 Å². The molecule has 0 saturated heterocycles.